The van der Waals surface area contributed by atoms with Crippen molar-refractivity contribution >= 4 is 42.1 Å². The molecular weight excluding hydrogens is 691 g/mol. The van der Waals surface area contributed by atoms with Crippen LogP contribution in [0, 0.1) is 47.5 Å². The Morgan fingerprint density at radius 2 is 1.20 bits per heavy atom. The van der Waals surface area contributed by atoms with Gasteiger partial charge in [0.1, 0.15) is 6.61 Å². The standard InChI is InChI=1S/C46H51N2O5P/c1-28(2)44(50)47-37-18-14-35(15-19-37)24-36-16-20-38(21-17-36)48-46(52)53-26-41-30(4)22-31(5)42(33(41)7)27-54(39-12-10-9-11-13-39)45(51)43-32(6)23-29(3)40(25-49)34(43)8/h9-23,28,49H,24-27H2,1-8H3,(H,47,50)(H,48,52). The molecule has 5 aromatic rings. The van der Waals surface area contributed by atoms with Crippen LogP contribution in [0.3, 0.4) is 0 Å². The summed E-state index contributed by atoms with van der Waals surface area (Å²) in [6.45, 7) is 15.7. The van der Waals surface area contributed by atoms with Crippen LogP contribution in [0.1, 0.15) is 85.4 Å². The zero-order valence-corrected chi connectivity index (χ0v) is 33.5. The first kappa shape index (κ1) is 40.1. The molecule has 2 amide bonds. The molecule has 8 heteroatoms. The average molecular weight is 743 g/mol. The van der Waals surface area contributed by atoms with Crippen LogP contribution < -0.4 is 15.9 Å². The Morgan fingerprint density at radius 3 is 1.78 bits per heavy atom. The van der Waals surface area contributed by atoms with Crippen LogP contribution in [0.4, 0.5) is 16.2 Å². The van der Waals surface area contributed by atoms with E-state index >= 15 is 0 Å². The third kappa shape index (κ3) is 9.52. The smallest absolute Gasteiger partial charge is 0.411 e. The maximum atomic E-state index is 14.6. The average Bonchev–Trinajstić information content (AvgIpc) is 3.13. The van der Waals surface area contributed by atoms with Gasteiger partial charge in [0.2, 0.25) is 5.91 Å². The van der Waals surface area contributed by atoms with Crippen molar-refractivity contribution in [2.45, 2.75) is 81.2 Å². The van der Waals surface area contributed by atoms with Crippen LogP contribution in [0.2, 0.25) is 0 Å². The van der Waals surface area contributed by atoms with E-state index in [0.717, 1.165) is 72.2 Å². The summed E-state index contributed by atoms with van der Waals surface area (Å²) in [5, 5.41) is 16.9. The first-order valence-corrected chi connectivity index (χ1v) is 19.9. The van der Waals surface area contributed by atoms with Gasteiger partial charge in [-0.25, -0.2) is 4.79 Å². The first-order valence-electron chi connectivity index (χ1n) is 18.4. The van der Waals surface area contributed by atoms with E-state index in [2.05, 4.69) is 30.5 Å². The number of aliphatic hydroxyl groups excluding tert-OH is 1. The number of rotatable bonds is 13. The van der Waals surface area contributed by atoms with Gasteiger partial charge in [0, 0.05) is 36.9 Å². The van der Waals surface area contributed by atoms with Crippen LogP contribution >= 0.6 is 7.92 Å². The third-order valence-electron chi connectivity index (χ3n) is 10.1. The maximum absolute atomic E-state index is 14.6. The van der Waals surface area contributed by atoms with Gasteiger partial charge < -0.3 is 15.2 Å². The van der Waals surface area contributed by atoms with E-state index in [1.54, 1.807) is 0 Å². The van der Waals surface area contributed by atoms with Gasteiger partial charge in [0.05, 0.1) is 6.61 Å². The molecule has 0 aliphatic rings. The lowest BCUT2D eigenvalue weighted by Gasteiger charge is -2.24. The van der Waals surface area contributed by atoms with E-state index in [0.29, 0.717) is 23.8 Å². The van der Waals surface area contributed by atoms with Gasteiger partial charge in [-0.05, 0) is 139 Å². The molecule has 280 valence electrons. The van der Waals surface area contributed by atoms with Gasteiger partial charge in [-0.15, -0.1) is 0 Å². The Balaban J connectivity index is 1.28. The molecule has 5 aromatic carbocycles. The molecule has 0 fully saturated rings. The monoisotopic (exact) mass is 742 g/mol. The lowest BCUT2D eigenvalue weighted by atomic mass is 9.94. The van der Waals surface area contributed by atoms with Crippen LogP contribution in [0.15, 0.2) is 91.0 Å². The summed E-state index contributed by atoms with van der Waals surface area (Å²) >= 11 is 0. The van der Waals surface area contributed by atoms with Crippen molar-refractivity contribution in [2.24, 2.45) is 5.92 Å². The van der Waals surface area contributed by atoms with Crippen LogP contribution in [-0.2, 0) is 35.3 Å². The number of ether oxygens (including phenoxy) is 1. The number of nitrogens with one attached hydrogen (secondary N) is 2. The second kappa shape index (κ2) is 17.8. The minimum Gasteiger partial charge on any atom is -0.444 e. The van der Waals surface area contributed by atoms with Crippen molar-refractivity contribution in [1.82, 2.24) is 0 Å². The number of benzene rings is 5. The summed E-state index contributed by atoms with van der Waals surface area (Å²) in [4.78, 5) is 39.6. The van der Waals surface area contributed by atoms with Crippen LogP contribution in [-0.4, -0.2) is 22.6 Å². The Bertz CT molecular complexity index is 2140. The molecule has 5 rings (SSSR count). The fraction of sp³-hybridized carbons (Fsp3) is 0.283. The van der Waals surface area contributed by atoms with Gasteiger partial charge in [-0.3, -0.25) is 14.9 Å². The van der Waals surface area contributed by atoms with Gasteiger partial charge in [0.15, 0.2) is 5.52 Å². The van der Waals surface area contributed by atoms with Crippen molar-refractivity contribution < 1.29 is 24.2 Å². The fourth-order valence-electron chi connectivity index (χ4n) is 6.94. The van der Waals surface area contributed by atoms with Crippen LogP contribution in [0.5, 0.6) is 0 Å². The highest BCUT2D eigenvalue weighted by Crippen LogP contribution is 2.46. The minimum absolute atomic E-state index is 0.0118. The second-order valence-electron chi connectivity index (χ2n) is 14.4. The molecular formula is C46H51N2O5P. The summed E-state index contributed by atoms with van der Waals surface area (Å²) in [5.41, 5.74) is 13.1. The van der Waals surface area contributed by atoms with E-state index in [1.807, 2.05) is 126 Å². The van der Waals surface area contributed by atoms with Gasteiger partial charge >= 0.3 is 6.09 Å². The van der Waals surface area contributed by atoms with Crippen molar-refractivity contribution in [3.8, 4) is 0 Å². The predicted molar refractivity (Wildman–Crippen MR) is 221 cm³/mol. The van der Waals surface area contributed by atoms with Gasteiger partial charge in [-0.1, -0.05) is 80.6 Å². The van der Waals surface area contributed by atoms with E-state index in [9.17, 15) is 19.5 Å². The normalized spacial score (nSPS) is 11.7. The molecule has 1 unspecified atom stereocenters. The van der Waals surface area contributed by atoms with E-state index in [1.165, 1.54) is 0 Å². The Morgan fingerprint density at radius 1 is 0.667 bits per heavy atom. The number of aliphatic hydroxyl groups is 1. The summed E-state index contributed by atoms with van der Waals surface area (Å²) in [7, 11) is -1.32. The predicted octanol–water partition coefficient (Wildman–Crippen LogP) is 10.1. The van der Waals surface area contributed by atoms with Crippen molar-refractivity contribution in [3.63, 3.8) is 0 Å². The zero-order chi connectivity index (χ0) is 39.1. The highest BCUT2D eigenvalue weighted by molar-refractivity contribution is 7.81. The summed E-state index contributed by atoms with van der Waals surface area (Å²) in [6.07, 6.45) is 0.708. The van der Waals surface area contributed by atoms with E-state index < -0.39 is 14.0 Å². The van der Waals surface area contributed by atoms with Crippen molar-refractivity contribution in [1.29, 1.82) is 0 Å². The molecule has 0 aliphatic heterocycles. The lowest BCUT2D eigenvalue weighted by Crippen LogP contribution is -2.17. The molecule has 0 spiro atoms. The van der Waals surface area contributed by atoms with E-state index in [-0.39, 0.29) is 30.6 Å². The van der Waals surface area contributed by atoms with Crippen molar-refractivity contribution in [3.05, 3.63) is 158 Å². The SMILES string of the molecule is Cc1cc(C)c(CP(C(=O)c2c(C)cc(C)c(CO)c2C)c2ccccc2)c(C)c1COC(=O)Nc1ccc(Cc2ccc(NC(=O)C(C)C)cc2)cc1. The fourth-order valence-corrected chi connectivity index (χ4v) is 9.45. The molecule has 0 aliphatic carbocycles. The number of aryl methyl sites for hydroxylation is 4. The molecule has 0 saturated heterocycles. The highest BCUT2D eigenvalue weighted by Gasteiger charge is 2.28. The summed E-state index contributed by atoms with van der Waals surface area (Å²) in [6, 6.07) is 29.6. The molecule has 54 heavy (non-hydrogen) atoms. The number of anilines is 2. The number of carbonyl (C=O) groups excluding carboxylic acids is 3. The van der Waals surface area contributed by atoms with Gasteiger partial charge in [-0.2, -0.15) is 0 Å². The lowest BCUT2D eigenvalue weighted by molar-refractivity contribution is -0.118. The number of hydrogen-bond acceptors (Lipinski definition) is 5. The Labute approximate surface area is 320 Å². The third-order valence-corrected chi connectivity index (χ3v) is 12.4. The largest absolute Gasteiger partial charge is 0.444 e. The number of carbonyl (C=O) groups is 3. The quantitative estimate of drug-likeness (QED) is 0.104. The molecule has 7 nitrogen and oxygen atoms in total. The summed E-state index contributed by atoms with van der Waals surface area (Å²) in [5.74, 6) is -0.0932. The highest BCUT2D eigenvalue weighted by atomic mass is 31.1. The molecule has 0 aromatic heterocycles. The minimum atomic E-state index is -1.32. The molecule has 0 heterocycles. The topological polar surface area (TPSA) is 105 Å². The number of hydrogen-bond donors (Lipinski definition) is 3. The van der Waals surface area contributed by atoms with Crippen molar-refractivity contribution in [2.75, 3.05) is 10.6 Å². The zero-order valence-electron chi connectivity index (χ0n) is 32.6. The second-order valence-corrected chi connectivity index (χ2v) is 16.5. The Kier molecular flexibility index (Phi) is 13.2. The maximum Gasteiger partial charge on any atom is 0.411 e. The Hall–Kier alpha value is -5.10. The molecule has 0 saturated carbocycles. The van der Waals surface area contributed by atoms with Crippen LogP contribution in [0.25, 0.3) is 0 Å². The van der Waals surface area contributed by atoms with Gasteiger partial charge in [0.25, 0.3) is 0 Å². The molecule has 3 N–H and O–H groups in total. The molecule has 1 atom stereocenters. The number of amides is 2. The first-order chi connectivity index (χ1) is 25.8. The van der Waals surface area contributed by atoms with E-state index in [4.69, 9.17) is 4.74 Å². The summed E-state index contributed by atoms with van der Waals surface area (Å²) < 4.78 is 5.78. The molecule has 0 bridgehead atoms. The molecule has 0 radical (unpaired) electrons.